The molecule has 2 bridgehead atoms. The first-order valence-corrected chi connectivity index (χ1v) is 7.88. The van der Waals surface area contributed by atoms with Gasteiger partial charge in [-0.1, -0.05) is 6.92 Å². The molecule has 4 nitrogen and oxygen atoms in total. The summed E-state index contributed by atoms with van der Waals surface area (Å²) in [6, 6.07) is 2.37. The SMILES string of the molecule is CCN(CCC(=O)NC(C)C)C1CC2CCC(C1)N2. The topological polar surface area (TPSA) is 44.4 Å². The van der Waals surface area contributed by atoms with Crippen LogP contribution in [-0.2, 0) is 4.79 Å². The van der Waals surface area contributed by atoms with Gasteiger partial charge in [0.15, 0.2) is 0 Å². The summed E-state index contributed by atoms with van der Waals surface area (Å²) >= 11 is 0. The Balaban J connectivity index is 1.78. The number of piperidine rings is 1. The van der Waals surface area contributed by atoms with Gasteiger partial charge in [-0.25, -0.2) is 0 Å². The zero-order valence-corrected chi connectivity index (χ0v) is 12.6. The van der Waals surface area contributed by atoms with Crippen LogP contribution in [0.3, 0.4) is 0 Å². The van der Waals surface area contributed by atoms with Crippen molar-refractivity contribution >= 4 is 5.91 Å². The summed E-state index contributed by atoms with van der Waals surface area (Å²) in [5.74, 6) is 0.186. The molecule has 2 unspecified atom stereocenters. The molecule has 2 aliphatic rings. The fraction of sp³-hybridized carbons (Fsp3) is 0.933. The number of hydrogen-bond acceptors (Lipinski definition) is 3. The predicted molar refractivity (Wildman–Crippen MR) is 78.1 cm³/mol. The fourth-order valence-electron chi connectivity index (χ4n) is 3.56. The first-order chi connectivity index (χ1) is 9.08. The van der Waals surface area contributed by atoms with E-state index >= 15 is 0 Å². The van der Waals surface area contributed by atoms with E-state index in [4.69, 9.17) is 0 Å². The maximum absolute atomic E-state index is 11.7. The second kappa shape index (κ2) is 6.71. The van der Waals surface area contributed by atoms with Gasteiger partial charge < -0.3 is 15.5 Å². The molecule has 2 fully saturated rings. The van der Waals surface area contributed by atoms with Crippen molar-refractivity contribution in [3.8, 4) is 0 Å². The van der Waals surface area contributed by atoms with Gasteiger partial charge >= 0.3 is 0 Å². The average molecular weight is 267 g/mol. The average Bonchev–Trinajstić information content (AvgIpc) is 2.68. The first kappa shape index (κ1) is 14.8. The molecule has 2 heterocycles. The van der Waals surface area contributed by atoms with E-state index in [-0.39, 0.29) is 11.9 Å². The Morgan fingerprint density at radius 3 is 2.47 bits per heavy atom. The standard InChI is InChI=1S/C15H29N3O/c1-4-18(8-7-15(19)16-11(2)3)14-9-12-5-6-13(10-14)17-12/h11-14,17H,4-10H2,1-3H3,(H,16,19). The van der Waals surface area contributed by atoms with Crippen molar-refractivity contribution in [2.24, 2.45) is 0 Å². The molecule has 1 amide bonds. The smallest absolute Gasteiger partial charge is 0.221 e. The van der Waals surface area contributed by atoms with Gasteiger partial charge in [0.25, 0.3) is 0 Å². The maximum Gasteiger partial charge on any atom is 0.221 e. The van der Waals surface area contributed by atoms with Gasteiger partial charge in [0.05, 0.1) is 0 Å². The zero-order chi connectivity index (χ0) is 13.8. The Hall–Kier alpha value is -0.610. The van der Waals surface area contributed by atoms with Crippen molar-refractivity contribution in [1.82, 2.24) is 15.5 Å². The van der Waals surface area contributed by atoms with Crippen molar-refractivity contribution in [2.45, 2.75) is 77.0 Å². The maximum atomic E-state index is 11.7. The number of nitrogens with zero attached hydrogens (tertiary/aromatic N) is 1. The van der Waals surface area contributed by atoms with Crippen molar-refractivity contribution in [2.75, 3.05) is 13.1 Å². The van der Waals surface area contributed by atoms with Gasteiger partial charge in [-0.2, -0.15) is 0 Å². The van der Waals surface area contributed by atoms with Crippen LogP contribution in [-0.4, -0.2) is 48.1 Å². The molecule has 0 aromatic heterocycles. The molecule has 4 heteroatoms. The number of amides is 1. The van der Waals surface area contributed by atoms with Gasteiger partial charge in [-0.05, 0) is 46.1 Å². The van der Waals surface area contributed by atoms with E-state index in [1.54, 1.807) is 0 Å². The third-order valence-corrected chi connectivity index (χ3v) is 4.45. The lowest BCUT2D eigenvalue weighted by atomic mass is 9.98. The van der Waals surface area contributed by atoms with Crippen LogP contribution < -0.4 is 10.6 Å². The Morgan fingerprint density at radius 2 is 1.95 bits per heavy atom. The highest BCUT2D eigenvalue weighted by molar-refractivity contribution is 5.76. The second-order valence-electron chi connectivity index (χ2n) is 6.36. The summed E-state index contributed by atoms with van der Waals surface area (Å²) in [5, 5.41) is 6.66. The van der Waals surface area contributed by atoms with Gasteiger partial charge in [0.2, 0.25) is 5.91 Å². The summed E-state index contributed by atoms with van der Waals surface area (Å²) in [6.07, 6.45) is 5.83. The normalized spacial score (nSPS) is 30.1. The van der Waals surface area contributed by atoms with E-state index < -0.39 is 0 Å². The van der Waals surface area contributed by atoms with Crippen LogP contribution in [0.5, 0.6) is 0 Å². The quantitative estimate of drug-likeness (QED) is 0.766. The second-order valence-corrected chi connectivity index (χ2v) is 6.36. The Bertz CT molecular complexity index is 294. The van der Waals surface area contributed by atoms with Crippen LogP contribution in [0.1, 0.15) is 52.9 Å². The number of hydrogen-bond donors (Lipinski definition) is 2. The summed E-state index contributed by atoms with van der Waals surface area (Å²) in [4.78, 5) is 14.3. The third kappa shape index (κ3) is 4.18. The molecule has 2 saturated heterocycles. The first-order valence-electron chi connectivity index (χ1n) is 7.88. The lowest BCUT2D eigenvalue weighted by Gasteiger charge is -2.37. The number of rotatable bonds is 6. The molecule has 0 radical (unpaired) electrons. The molecule has 0 aromatic carbocycles. The molecule has 0 aromatic rings. The molecule has 0 saturated carbocycles. The predicted octanol–water partition coefficient (Wildman–Crippen LogP) is 1.51. The van der Waals surface area contributed by atoms with Gasteiger partial charge in [0.1, 0.15) is 0 Å². The van der Waals surface area contributed by atoms with E-state index in [1.807, 2.05) is 13.8 Å². The molecular formula is C15H29N3O. The minimum atomic E-state index is 0.186. The van der Waals surface area contributed by atoms with E-state index in [1.165, 1.54) is 25.7 Å². The van der Waals surface area contributed by atoms with Crippen LogP contribution in [0.15, 0.2) is 0 Å². The minimum absolute atomic E-state index is 0.186. The lowest BCUT2D eigenvalue weighted by molar-refractivity contribution is -0.122. The van der Waals surface area contributed by atoms with E-state index in [0.717, 1.165) is 25.2 Å². The molecule has 2 rings (SSSR count). The monoisotopic (exact) mass is 267 g/mol. The Morgan fingerprint density at radius 1 is 1.32 bits per heavy atom. The minimum Gasteiger partial charge on any atom is -0.354 e. The molecule has 110 valence electrons. The highest BCUT2D eigenvalue weighted by Gasteiger charge is 2.35. The Labute approximate surface area is 117 Å². The summed E-state index contributed by atoms with van der Waals surface area (Å²) in [5.41, 5.74) is 0. The fourth-order valence-corrected chi connectivity index (χ4v) is 3.56. The molecule has 19 heavy (non-hydrogen) atoms. The van der Waals surface area contributed by atoms with Crippen LogP contribution in [0.2, 0.25) is 0 Å². The zero-order valence-electron chi connectivity index (χ0n) is 12.6. The van der Waals surface area contributed by atoms with Gasteiger partial charge in [-0.3, -0.25) is 4.79 Å². The lowest BCUT2D eigenvalue weighted by Crippen LogP contribution is -2.49. The number of carbonyl (C=O) groups excluding carboxylic acids is 1. The van der Waals surface area contributed by atoms with Crippen molar-refractivity contribution in [3.63, 3.8) is 0 Å². The van der Waals surface area contributed by atoms with Gasteiger partial charge in [0, 0.05) is 37.1 Å². The largest absolute Gasteiger partial charge is 0.354 e. The molecule has 0 spiro atoms. The molecule has 2 aliphatic heterocycles. The van der Waals surface area contributed by atoms with Crippen molar-refractivity contribution in [3.05, 3.63) is 0 Å². The molecule has 0 aliphatic carbocycles. The van der Waals surface area contributed by atoms with Crippen LogP contribution in [0.4, 0.5) is 0 Å². The van der Waals surface area contributed by atoms with E-state index in [2.05, 4.69) is 22.5 Å². The molecule has 2 atom stereocenters. The van der Waals surface area contributed by atoms with Crippen molar-refractivity contribution < 1.29 is 4.79 Å². The highest BCUT2D eigenvalue weighted by Crippen LogP contribution is 2.29. The highest BCUT2D eigenvalue weighted by atomic mass is 16.1. The molecular weight excluding hydrogens is 238 g/mol. The van der Waals surface area contributed by atoms with E-state index in [9.17, 15) is 4.79 Å². The summed E-state index contributed by atoms with van der Waals surface area (Å²) in [6.45, 7) is 8.20. The van der Waals surface area contributed by atoms with Crippen LogP contribution in [0, 0.1) is 0 Å². The Kier molecular flexibility index (Phi) is 5.22. The van der Waals surface area contributed by atoms with E-state index in [0.29, 0.717) is 12.5 Å². The van der Waals surface area contributed by atoms with Crippen LogP contribution in [0.25, 0.3) is 0 Å². The summed E-state index contributed by atoms with van der Waals surface area (Å²) < 4.78 is 0. The molecule has 2 N–H and O–H groups in total. The van der Waals surface area contributed by atoms with Crippen molar-refractivity contribution in [1.29, 1.82) is 0 Å². The third-order valence-electron chi connectivity index (χ3n) is 4.45. The number of fused-ring (bicyclic) bond motifs is 2. The number of nitrogens with one attached hydrogen (secondary N) is 2. The van der Waals surface area contributed by atoms with Gasteiger partial charge in [-0.15, -0.1) is 0 Å². The van der Waals surface area contributed by atoms with Crippen LogP contribution >= 0.6 is 0 Å². The number of carbonyl (C=O) groups is 1. The summed E-state index contributed by atoms with van der Waals surface area (Å²) in [7, 11) is 0.